The van der Waals surface area contributed by atoms with Gasteiger partial charge >= 0.3 is 0 Å². The van der Waals surface area contributed by atoms with E-state index in [9.17, 15) is 9.90 Å². The van der Waals surface area contributed by atoms with Gasteiger partial charge in [-0.1, -0.05) is 6.07 Å². The summed E-state index contributed by atoms with van der Waals surface area (Å²) in [6.07, 6.45) is 0. The van der Waals surface area contributed by atoms with Gasteiger partial charge in [0.05, 0.1) is 30.3 Å². The van der Waals surface area contributed by atoms with Crippen molar-refractivity contribution in [3.8, 4) is 5.75 Å². The monoisotopic (exact) mass is 377 g/mol. The molecule has 0 radical (unpaired) electrons. The number of amidine groups is 1. The number of ether oxygens (including phenoxy) is 1. The number of imidazole rings is 1. The first-order valence-electron chi connectivity index (χ1n) is 8.66. The summed E-state index contributed by atoms with van der Waals surface area (Å²) in [7, 11) is 1.59. The van der Waals surface area contributed by atoms with Gasteiger partial charge in [0.2, 0.25) is 5.91 Å². The Labute approximate surface area is 161 Å². The number of hydrogen-bond donors (Lipinski definition) is 4. The Morgan fingerprint density at radius 3 is 2.89 bits per heavy atom. The van der Waals surface area contributed by atoms with Crippen molar-refractivity contribution >= 4 is 39.7 Å². The van der Waals surface area contributed by atoms with E-state index in [4.69, 9.17) is 10.1 Å². The molecule has 0 spiro atoms. The Morgan fingerprint density at radius 2 is 2.14 bits per heavy atom. The number of nitrogens with one attached hydrogen (secondary N) is 3. The summed E-state index contributed by atoms with van der Waals surface area (Å²) in [6.45, 7) is 1.59. The van der Waals surface area contributed by atoms with Gasteiger partial charge in [0.25, 0.3) is 0 Å². The number of aromatic amines is 1. The zero-order valence-electron chi connectivity index (χ0n) is 15.4. The fourth-order valence-corrected chi connectivity index (χ4v) is 3.24. The van der Waals surface area contributed by atoms with Crippen LogP contribution in [0.4, 0.5) is 11.4 Å². The Kier molecular flexibility index (Phi) is 4.23. The van der Waals surface area contributed by atoms with Gasteiger partial charge in [0.15, 0.2) is 0 Å². The fourth-order valence-electron chi connectivity index (χ4n) is 3.24. The summed E-state index contributed by atoms with van der Waals surface area (Å²) in [5.74, 6) is 1.13. The molecule has 1 aliphatic rings. The van der Waals surface area contributed by atoms with Crippen LogP contribution in [-0.2, 0) is 4.79 Å². The smallest absolute Gasteiger partial charge is 0.221 e. The van der Waals surface area contributed by atoms with Gasteiger partial charge in [0.1, 0.15) is 23.2 Å². The molecular formula is C20H19N5O3. The second-order valence-corrected chi connectivity index (χ2v) is 6.46. The standard InChI is InChI=1S/C20H19N5O3/c1-11(26)22-12-4-3-5-13(8-12)25-10-17(27)18(19(25)21)20-23-15-7-6-14(28-2)9-16(15)24-20/h3-9,21,27H,10H2,1-2H3,(H,22,26)(H,23,24). The maximum Gasteiger partial charge on any atom is 0.221 e. The van der Waals surface area contributed by atoms with Crippen molar-refractivity contribution in [2.75, 3.05) is 23.9 Å². The molecule has 8 nitrogen and oxygen atoms in total. The molecule has 0 aliphatic carbocycles. The second kappa shape index (κ2) is 6.73. The Bertz CT molecular complexity index is 1130. The molecule has 0 unspecified atom stereocenters. The van der Waals surface area contributed by atoms with Crippen LogP contribution >= 0.6 is 0 Å². The molecule has 0 saturated carbocycles. The zero-order valence-corrected chi connectivity index (χ0v) is 15.4. The van der Waals surface area contributed by atoms with Crippen molar-refractivity contribution in [3.05, 3.63) is 54.0 Å². The molecule has 0 atom stereocenters. The molecule has 0 saturated heterocycles. The topological polar surface area (TPSA) is 114 Å². The highest BCUT2D eigenvalue weighted by molar-refractivity contribution is 6.30. The molecular weight excluding hydrogens is 358 g/mol. The van der Waals surface area contributed by atoms with Gasteiger partial charge in [-0.25, -0.2) is 4.98 Å². The summed E-state index contributed by atoms with van der Waals surface area (Å²) in [6, 6.07) is 12.6. The van der Waals surface area contributed by atoms with Crippen LogP contribution in [0.3, 0.4) is 0 Å². The maximum absolute atomic E-state index is 11.3. The molecule has 1 amide bonds. The Balaban J connectivity index is 1.66. The van der Waals surface area contributed by atoms with Crippen LogP contribution in [0, 0.1) is 5.41 Å². The van der Waals surface area contributed by atoms with Crippen LogP contribution in [0.25, 0.3) is 16.6 Å². The van der Waals surface area contributed by atoms with Crippen LogP contribution in [0.5, 0.6) is 5.75 Å². The number of nitrogens with zero attached hydrogens (tertiary/aromatic N) is 2. The van der Waals surface area contributed by atoms with Crippen LogP contribution in [0.15, 0.2) is 48.2 Å². The molecule has 4 rings (SSSR count). The van der Waals surface area contributed by atoms with Gasteiger partial charge in [0, 0.05) is 24.4 Å². The van der Waals surface area contributed by atoms with Gasteiger partial charge in [-0.3, -0.25) is 10.2 Å². The van der Waals surface area contributed by atoms with Crippen molar-refractivity contribution in [2.24, 2.45) is 0 Å². The molecule has 142 valence electrons. The van der Waals surface area contributed by atoms with Gasteiger partial charge in [-0.2, -0.15) is 0 Å². The van der Waals surface area contributed by atoms with E-state index in [1.807, 2.05) is 18.2 Å². The van der Waals surface area contributed by atoms with E-state index in [-0.39, 0.29) is 24.0 Å². The number of aliphatic hydroxyl groups excluding tert-OH is 1. The maximum atomic E-state index is 11.3. The van der Waals surface area contributed by atoms with E-state index in [1.165, 1.54) is 6.92 Å². The van der Waals surface area contributed by atoms with Crippen molar-refractivity contribution in [1.29, 1.82) is 5.41 Å². The number of H-pyrrole nitrogens is 1. The molecule has 0 bridgehead atoms. The summed E-state index contributed by atoms with van der Waals surface area (Å²) in [5, 5.41) is 21.8. The van der Waals surface area contributed by atoms with Crippen LogP contribution in [-0.4, -0.2) is 40.5 Å². The summed E-state index contributed by atoms with van der Waals surface area (Å²) < 4.78 is 5.22. The van der Waals surface area contributed by atoms with Crippen LogP contribution in [0.1, 0.15) is 12.7 Å². The van der Waals surface area contributed by atoms with Gasteiger partial charge in [-0.05, 0) is 30.3 Å². The minimum atomic E-state index is -0.173. The second-order valence-electron chi connectivity index (χ2n) is 6.46. The van der Waals surface area contributed by atoms with E-state index in [0.29, 0.717) is 28.5 Å². The Morgan fingerprint density at radius 1 is 1.32 bits per heavy atom. The van der Waals surface area contributed by atoms with Gasteiger partial charge < -0.3 is 25.0 Å². The lowest BCUT2D eigenvalue weighted by molar-refractivity contribution is -0.114. The number of aliphatic hydroxyl groups is 1. The van der Waals surface area contributed by atoms with E-state index in [2.05, 4.69) is 15.3 Å². The number of rotatable bonds is 4. The summed E-state index contributed by atoms with van der Waals surface area (Å²) >= 11 is 0. The molecule has 2 aromatic carbocycles. The van der Waals surface area contributed by atoms with Crippen molar-refractivity contribution in [1.82, 2.24) is 9.97 Å². The van der Waals surface area contributed by atoms with Gasteiger partial charge in [-0.15, -0.1) is 0 Å². The zero-order chi connectivity index (χ0) is 19.8. The number of hydrogen-bond acceptors (Lipinski definition) is 5. The third-order valence-electron chi connectivity index (χ3n) is 4.51. The lowest BCUT2D eigenvalue weighted by Gasteiger charge is -2.19. The first-order chi connectivity index (χ1) is 13.5. The number of carbonyl (C=O) groups is 1. The predicted molar refractivity (Wildman–Crippen MR) is 108 cm³/mol. The summed E-state index contributed by atoms with van der Waals surface area (Å²) in [5.41, 5.74) is 3.14. The number of anilines is 2. The predicted octanol–water partition coefficient (Wildman–Crippen LogP) is 3.30. The average molecular weight is 377 g/mol. The van der Waals surface area contributed by atoms with E-state index in [0.717, 1.165) is 11.0 Å². The number of benzene rings is 2. The first kappa shape index (κ1) is 17.6. The Hall–Kier alpha value is -3.81. The molecule has 1 aliphatic heterocycles. The lowest BCUT2D eigenvalue weighted by Crippen LogP contribution is -2.26. The SMILES string of the molecule is COc1ccc2nc(C3=C(O)CN(c4cccc(NC(C)=O)c4)C3=N)[nH]c2c1. The largest absolute Gasteiger partial charge is 0.509 e. The van der Waals surface area contributed by atoms with Crippen molar-refractivity contribution in [2.45, 2.75) is 6.92 Å². The molecule has 28 heavy (non-hydrogen) atoms. The minimum absolute atomic E-state index is 0.0564. The molecule has 0 fully saturated rings. The van der Waals surface area contributed by atoms with E-state index in [1.54, 1.807) is 36.3 Å². The molecule has 4 N–H and O–H groups in total. The minimum Gasteiger partial charge on any atom is -0.509 e. The van der Waals surface area contributed by atoms with E-state index >= 15 is 0 Å². The average Bonchev–Trinajstić information content (AvgIpc) is 3.20. The van der Waals surface area contributed by atoms with Crippen LogP contribution < -0.4 is 15.0 Å². The fraction of sp³-hybridized carbons (Fsp3) is 0.150. The number of aromatic nitrogens is 2. The number of methoxy groups -OCH3 is 1. The molecule has 3 aromatic rings. The number of fused-ring (bicyclic) bond motifs is 1. The van der Waals surface area contributed by atoms with Crippen molar-refractivity contribution in [3.63, 3.8) is 0 Å². The molecule has 1 aromatic heterocycles. The van der Waals surface area contributed by atoms with Crippen molar-refractivity contribution < 1.29 is 14.6 Å². The van der Waals surface area contributed by atoms with E-state index < -0.39 is 0 Å². The highest BCUT2D eigenvalue weighted by Gasteiger charge is 2.31. The highest BCUT2D eigenvalue weighted by Crippen LogP contribution is 2.32. The highest BCUT2D eigenvalue weighted by atomic mass is 16.5. The number of carbonyl (C=O) groups excluding carboxylic acids is 1. The summed E-state index contributed by atoms with van der Waals surface area (Å²) in [4.78, 5) is 20.6. The quantitative estimate of drug-likeness (QED) is 0.557. The normalized spacial score (nSPS) is 14.1. The van der Waals surface area contributed by atoms with Crippen LogP contribution in [0.2, 0.25) is 0 Å². The third kappa shape index (κ3) is 3.05. The first-order valence-corrected chi connectivity index (χ1v) is 8.66. The molecule has 8 heteroatoms. The molecule has 2 heterocycles. The lowest BCUT2D eigenvalue weighted by atomic mass is 10.2. The number of amides is 1. The third-order valence-corrected chi connectivity index (χ3v) is 4.51.